The van der Waals surface area contributed by atoms with Crippen LogP contribution < -0.4 is 5.32 Å². The first kappa shape index (κ1) is 72.3. The summed E-state index contributed by atoms with van der Waals surface area (Å²) in [5.41, 5.74) is 0. The third-order valence-corrected chi connectivity index (χ3v) is 15.7. The SMILES string of the molecule is CCCCCC/C=C\C/C=C\CCCCCCCCCC(=O)NC(COC1OC(CO)C(OC2OC(CO)C(OC3OC(CO)C(O)C(O)C3O)C(O)C2O)C(O)C1O)C(O)/C=C/CCCCCCCCCCCCCCCCC. The van der Waals surface area contributed by atoms with E-state index in [2.05, 4.69) is 43.5 Å². The van der Waals surface area contributed by atoms with Crippen molar-refractivity contribution in [3.05, 3.63) is 36.5 Å². The minimum atomic E-state index is -1.98. The van der Waals surface area contributed by atoms with Gasteiger partial charge in [0.15, 0.2) is 18.9 Å². The number of rotatable bonds is 46. The number of allylic oxidation sites excluding steroid dienone is 5. The molecule has 3 rings (SSSR count). The highest BCUT2D eigenvalue weighted by Gasteiger charge is 2.53. The molecule has 3 heterocycles. The quantitative estimate of drug-likeness (QED) is 0.0242. The van der Waals surface area contributed by atoms with Crippen molar-refractivity contribution in [1.82, 2.24) is 5.32 Å². The molecule has 1 amide bonds. The number of ether oxygens (including phenoxy) is 6. The Bertz CT molecular complexity index is 1600. The molecule has 19 heteroatoms. The largest absolute Gasteiger partial charge is 0.394 e. The lowest BCUT2D eigenvalue weighted by atomic mass is 9.96. The predicted octanol–water partition coefficient (Wildman–Crippen LogP) is 6.10. The van der Waals surface area contributed by atoms with Crippen molar-refractivity contribution in [2.75, 3.05) is 26.4 Å². The zero-order valence-electron chi connectivity index (χ0n) is 48.8. The van der Waals surface area contributed by atoms with Crippen LogP contribution in [0.25, 0.3) is 0 Å². The van der Waals surface area contributed by atoms with E-state index in [-0.39, 0.29) is 18.9 Å². The Morgan fingerprint density at radius 1 is 0.450 bits per heavy atom. The topological polar surface area (TPSA) is 307 Å². The Kier molecular flexibility index (Phi) is 40.2. The molecule has 17 unspecified atom stereocenters. The van der Waals surface area contributed by atoms with Crippen LogP contribution in [-0.2, 0) is 33.2 Å². The number of hydrogen-bond acceptors (Lipinski definition) is 18. The molecule has 0 aromatic heterocycles. The van der Waals surface area contributed by atoms with Gasteiger partial charge in [0.25, 0.3) is 0 Å². The molecule has 17 atom stereocenters. The first-order chi connectivity index (χ1) is 38.8. The third kappa shape index (κ3) is 27.8. The fourth-order valence-corrected chi connectivity index (χ4v) is 10.5. The van der Waals surface area contributed by atoms with Crippen molar-refractivity contribution in [1.29, 1.82) is 0 Å². The molecular weight excluding hydrogens is 1030 g/mol. The fraction of sp³-hybridized carbons (Fsp3) is 0.885. The molecule has 80 heavy (non-hydrogen) atoms. The minimum Gasteiger partial charge on any atom is -0.394 e. The van der Waals surface area contributed by atoms with E-state index in [0.717, 1.165) is 83.5 Å². The number of aliphatic hydroxyl groups is 11. The van der Waals surface area contributed by atoms with E-state index in [0.29, 0.717) is 6.42 Å². The molecule has 3 saturated heterocycles. The van der Waals surface area contributed by atoms with Gasteiger partial charge < -0.3 is 89.9 Å². The molecule has 468 valence electrons. The maximum atomic E-state index is 13.3. The molecule has 0 aromatic carbocycles. The summed E-state index contributed by atoms with van der Waals surface area (Å²) in [7, 11) is 0. The zero-order valence-corrected chi connectivity index (χ0v) is 48.8. The maximum Gasteiger partial charge on any atom is 0.220 e. The molecule has 12 N–H and O–H groups in total. The van der Waals surface area contributed by atoms with Gasteiger partial charge in [0.05, 0.1) is 38.6 Å². The van der Waals surface area contributed by atoms with Gasteiger partial charge in [0, 0.05) is 6.42 Å². The number of carbonyl (C=O) groups excluding carboxylic acids is 1. The number of nitrogens with one attached hydrogen (secondary N) is 1. The Morgan fingerprint density at radius 2 is 0.825 bits per heavy atom. The molecule has 0 aromatic rings. The molecule has 3 fully saturated rings. The van der Waals surface area contributed by atoms with Crippen LogP contribution >= 0.6 is 0 Å². The summed E-state index contributed by atoms with van der Waals surface area (Å²) in [6.45, 7) is 1.70. The lowest BCUT2D eigenvalue weighted by molar-refractivity contribution is -0.379. The minimum absolute atomic E-state index is 0.235. The molecule has 3 aliphatic rings. The van der Waals surface area contributed by atoms with Gasteiger partial charge in [0.2, 0.25) is 5.91 Å². The van der Waals surface area contributed by atoms with E-state index in [1.54, 1.807) is 6.08 Å². The first-order valence-corrected chi connectivity index (χ1v) is 31.2. The van der Waals surface area contributed by atoms with Crippen LogP contribution in [0, 0.1) is 0 Å². The Balaban J connectivity index is 1.50. The summed E-state index contributed by atoms with van der Waals surface area (Å²) < 4.78 is 34.3. The van der Waals surface area contributed by atoms with Gasteiger partial charge in [-0.2, -0.15) is 0 Å². The van der Waals surface area contributed by atoms with Gasteiger partial charge >= 0.3 is 0 Å². The molecule has 19 nitrogen and oxygen atoms in total. The maximum absolute atomic E-state index is 13.3. The normalized spacial score (nSPS) is 30.2. The van der Waals surface area contributed by atoms with Crippen LogP contribution in [0.1, 0.15) is 213 Å². The lowest BCUT2D eigenvalue weighted by Crippen LogP contribution is -2.66. The summed E-state index contributed by atoms with van der Waals surface area (Å²) >= 11 is 0. The van der Waals surface area contributed by atoms with Gasteiger partial charge in [-0.15, -0.1) is 0 Å². The standard InChI is InChI=1S/C61H111NO18/c1-3-5-7-9-11-13-15-17-19-21-23-25-27-29-31-33-35-37-39-49(67)62-44(45(66)38-36-34-32-30-28-26-24-22-20-18-16-14-12-10-8-6-4-2)43-75-59-55(73)52(70)57(47(41-64)77-59)80-61-56(74)53(71)58(48(42-65)78-61)79-60-54(72)51(69)50(68)46(40-63)76-60/h13,15,19,21,36,38,44-48,50-61,63-66,68-74H,3-12,14,16-18,20,22-35,37,39-43H2,1-2H3,(H,62,67)/b15-13-,21-19-,38-36+. The summed E-state index contributed by atoms with van der Waals surface area (Å²) in [5, 5.41) is 120. The second-order valence-electron chi connectivity index (χ2n) is 22.5. The highest BCUT2D eigenvalue weighted by Crippen LogP contribution is 2.33. The average molecular weight is 1150 g/mol. The molecule has 0 aliphatic carbocycles. The Morgan fingerprint density at radius 3 is 1.29 bits per heavy atom. The first-order valence-electron chi connectivity index (χ1n) is 31.2. The van der Waals surface area contributed by atoms with E-state index in [1.165, 1.54) is 103 Å². The number of unbranched alkanes of at least 4 members (excludes halogenated alkanes) is 26. The molecule has 0 radical (unpaired) electrons. The van der Waals surface area contributed by atoms with Gasteiger partial charge in [-0.3, -0.25) is 4.79 Å². The summed E-state index contributed by atoms with van der Waals surface area (Å²) in [4.78, 5) is 13.3. The highest BCUT2D eigenvalue weighted by molar-refractivity contribution is 5.76. The Hall–Kier alpha value is -1.99. The smallest absolute Gasteiger partial charge is 0.220 e. The zero-order chi connectivity index (χ0) is 58.3. The van der Waals surface area contributed by atoms with Crippen molar-refractivity contribution in [3.63, 3.8) is 0 Å². The summed E-state index contributed by atoms with van der Waals surface area (Å²) in [5.74, 6) is -0.284. The molecule has 0 spiro atoms. The predicted molar refractivity (Wildman–Crippen MR) is 305 cm³/mol. The van der Waals surface area contributed by atoms with E-state index in [1.807, 2.05) is 6.08 Å². The monoisotopic (exact) mass is 1150 g/mol. The van der Waals surface area contributed by atoms with Gasteiger partial charge in [0.1, 0.15) is 73.2 Å². The van der Waals surface area contributed by atoms with Gasteiger partial charge in [-0.05, 0) is 51.4 Å². The summed E-state index contributed by atoms with van der Waals surface area (Å²) in [6, 6.07) is -0.976. The molecule has 0 saturated carbocycles. The number of hydrogen-bond donors (Lipinski definition) is 12. The van der Waals surface area contributed by atoms with Crippen LogP contribution in [0.2, 0.25) is 0 Å². The van der Waals surface area contributed by atoms with E-state index in [9.17, 15) is 61.0 Å². The van der Waals surface area contributed by atoms with Crippen molar-refractivity contribution in [2.45, 2.75) is 317 Å². The van der Waals surface area contributed by atoms with E-state index < -0.39 is 124 Å². The van der Waals surface area contributed by atoms with Crippen LogP contribution in [0.4, 0.5) is 0 Å². The second-order valence-corrected chi connectivity index (χ2v) is 22.5. The third-order valence-electron chi connectivity index (χ3n) is 15.7. The number of amides is 1. The van der Waals surface area contributed by atoms with Crippen LogP contribution in [0.3, 0.4) is 0 Å². The highest BCUT2D eigenvalue weighted by atomic mass is 16.8. The second kappa shape index (κ2) is 44.5. The van der Waals surface area contributed by atoms with Gasteiger partial charge in [-0.25, -0.2) is 0 Å². The number of carbonyl (C=O) groups is 1. The van der Waals surface area contributed by atoms with E-state index in [4.69, 9.17) is 28.4 Å². The lowest BCUT2D eigenvalue weighted by Gasteiger charge is -2.48. The van der Waals surface area contributed by atoms with E-state index >= 15 is 0 Å². The number of aliphatic hydroxyl groups excluding tert-OH is 11. The van der Waals surface area contributed by atoms with Crippen LogP contribution in [0.5, 0.6) is 0 Å². The van der Waals surface area contributed by atoms with Gasteiger partial charge in [-0.1, -0.05) is 192 Å². The van der Waals surface area contributed by atoms with Crippen molar-refractivity contribution in [3.8, 4) is 0 Å². The van der Waals surface area contributed by atoms with Crippen LogP contribution in [-0.4, -0.2) is 193 Å². The fourth-order valence-electron chi connectivity index (χ4n) is 10.5. The molecule has 0 bridgehead atoms. The average Bonchev–Trinajstić information content (AvgIpc) is 3.50. The molecular formula is C61H111NO18. The van der Waals surface area contributed by atoms with Crippen molar-refractivity contribution in [2.24, 2.45) is 0 Å². The van der Waals surface area contributed by atoms with Crippen LogP contribution in [0.15, 0.2) is 36.5 Å². The van der Waals surface area contributed by atoms with Crippen molar-refractivity contribution >= 4 is 5.91 Å². The Labute approximate surface area is 479 Å². The summed E-state index contributed by atoms with van der Waals surface area (Å²) in [6.07, 6.45) is 21.1. The van der Waals surface area contributed by atoms with Crippen molar-refractivity contribution < 1.29 is 89.4 Å². The molecule has 3 aliphatic heterocycles.